The van der Waals surface area contributed by atoms with E-state index in [4.69, 9.17) is 18.9 Å². The molecule has 22 heavy (non-hydrogen) atoms. The van der Waals surface area contributed by atoms with Crippen molar-refractivity contribution in [2.24, 2.45) is 0 Å². The third kappa shape index (κ3) is 2.96. The highest BCUT2D eigenvalue weighted by Gasteiger charge is 2.18. The van der Waals surface area contributed by atoms with Crippen LogP contribution in [0.2, 0.25) is 0 Å². The monoisotopic (exact) mass is 302 g/mol. The molecule has 4 nitrogen and oxygen atoms in total. The van der Waals surface area contributed by atoms with Crippen LogP contribution in [-0.4, -0.2) is 28.4 Å². The van der Waals surface area contributed by atoms with Crippen LogP contribution in [0.4, 0.5) is 0 Å². The van der Waals surface area contributed by atoms with Crippen molar-refractivity contribution in [1.82, 2.24) is 0 Å². The van der Waals surface area contributed by atoms with Crippen molar-refractivity contribution in [2.45, 2.75) is 12.8 Å². The highest BCUT2D eigenvalue weighted by atomic mass is 16.5. The molecule has 0 N–H and O–H groups in total. The topological polar surface area (TPSA) is 36.9 Å². The van der Waals surface area contributed by atoms with E-state index in [1.807, 2.05) is 36.4 Å². The largest absolute Gasteiger partial charge is 0.493 e. The van der Waals surface area contributed by atoms with E-state index >= 15 is 0 Å². The Hall–Kier alpha value is -2.36. The highest BCUT2D eigenvalue weighted by molar-refractivity contribution is 5.52. The molecule has 0 bridgehead atoms. The molecule has 0 saturated heterocycles. The van der Waals surface area contributed by atoms with Gasteiger partial charge in [-0.1, -0.05) is 25.1 Å². The van der Waals surface area contributed by atoms with E-state index in [2.05, 4.69) is 6.92 Å². The van der Waals surface area contributed by atoms with E-state index in [9.17, 15) is 0 Å². The molecule has 0 aliphatic rings. The van der Waals surface area contributed by atoms with Crippen LogP contribution < -0.4 is 18.9 Å². The van der Waals surface area contributed by atoms with E-state index in [-0.39, 0.29) is 5.92 Å². The molecule has 0 heterocycles. The molecule has 0 amide bonds. The molecule has 0 saturated carbocycles. The third-order valence-electron chi connectivity index (χ3n) is 3.81. The maximum Gasteiger partial charge on any atom is 0.164 e. The van der Waals surface area contributed by atoms with Gasteiger partial charge in [0, 0.05) is 11.5 Å². The normalized spacial score (nSPS) is 11.7. The number of rotatable bonds is 6. The third-order valence-corrected chi connectivity index (χ3v) is 3.81. The second-order valence-electron chi connectivity index (χ2n) is 4.92. The van der Waals surface area contributed by atoms with Crippen LogP contribution >= 0.6 is 0 Å². The van der Waals surface area contributed by atoms with Gasteiger partial charge >= 0.3 is 0 Å². The molecule has 1 unspecified atom stereocenters. The quantitative estimate of drug-likeness (QED) is 0.811. The predicted molar refractivity (Wildman–Crippen MR) is 86.6 cm³/mol. The van der Waals surface area contributed by atoms with Gasteiger partial charge in [-0.3, -0.25) is 0 Å². The molecule has 2 rings (SSSR count). The molecule has 1 atom stereocenters. The molecular weight excluding hydrogens is 280 g/mol. The number of benzene rings is 2. The maximum absolute atomic E-state index is 5.53. The van der Waals surface area contributed by atoms with Gasteiger partial charge in [-0.15, -0.1) is 0 Å². The highest BCUT2D eigenvalue weighted by Crippen LogP contribution is 2.40. The molecule has 4 heteroatoms. The summed E-state index contributed by atoms with van der Waals surface area (Å²) in [4.78, 5) is 0. The summed E-state index contributed by atoms with van der Waals surface area (Å²) in [6.45, 7) is 2.12. The first kappa shape index (κ1) is 16.0. The smallest absolute Gasteiger partial charge is 0.164 e. The minimum absolute atomic E-state index is 0.129. The zero-order chi connectivity index (χ0) is 16.1. The zero-order valence-corrected chi connectivity index (χ0v) is 13.7. The first-order chi connectivity index (χ1) is 10.7. The molecule has 0 spiro atoms. The Morgan fingerprint density at radius 1 is 0.727 bits per heavy atom. The fourth-order valence-corrected chi connectivity index (χ4v) is 2.55. The predicted octanol–water partition coefficient (Wildman–Crippen LogP) is 3.87. The summed E-state index contributed by atoms with van der Waals surface area (Å²) in [5, 5.41) is 0. The molecular formula is C18H22O4. The van der Waals surface area contributed by atoms with Gasteiger partial charge < -0.3 is 18.9 Å². The lowest BCUT2D eigenvalue weighted by atomic mass is 9.92. The maximum atomic E-state index is 5.53. The minimum atomic E-state index is 0.129. The van der Waals surface area contributed by atoms with Gasteiger partial charge in [-0.25, -0.2) is 0 Å². The molecule has 0 aromatic heterocycles. The van der Waals surface area contributed by atoms with Crippen molar-refractivity contribution in [3.63, 3.8) is 0 Å². The fourth-order valence-electron chi connectivity index (χ4n) is 2.55. The molecule has 2 aromatic carbocycles. The standard InChI is InChI=1S/C18H22O4/c1-12(13-9-10-15(19-2)17(11-13)21-4)14-7-6-8-16(20-3)18(14)22-5/h6-12H,1-5H3. The number of para-hydroxylation sites is 1. The number of methoxy groups -OCH3 is 4. The van der Waals surface area contributed by atoms with Gasteiger partial charge in [0.1, 0.15) is 0 Å². The Balaban J connectivity index is 2.46. The van der Waals surface area contributed by atoms with E-state index in [1.165, 1.54) is 0 Å². The van der Waals surface area contributed by atoms with E-state index in [0.29, 0.717) is 5.75 Å². The Bertz CT molecular complexity index is 637. The second kappa shape index (κ2) is 7.07. The summed E-state index contributed by atoms with van der Waals surface area (Å²) in [5.74, 6) is 3.05. The number of hydrogen-bond donors (Lipinski definition) is 0. The van der Waals surface area contributed by atoms with Crippen molar-refractivity contribution < 1.29 is 18.9 Å². The van der Waals surface area contributed by atoms with Gasteiger partial charge in [-0.2, -0.15) is 0 Å². The Labute approximate surface area is 131 Å². The summed E-state index contributed by atoms with van der Waals surface area (Å²) in [6.07, 6.45) is 0. The summed E-state index contributed by atoms with van der Waals surface area (Å²) in [5.41, 5.74) is 2.18. The van der Waals surface area contributed by atoms with Crippen LogP contribution in [0.5, 0.6) is 23.0 Å². The van der Waals surface area contributed by atoms with Gasteiger partial charge in [-0.05, 0) is 23.8 Å². The van der Waals surface area contributed by atoms with Crippen LogP contribution in [0.3, 0.4) is 0 Å². The summed E-state index contributed by atoms with van der Waals surface area (Å²) in [6, 6.07) is 11.8. The van der Waals surface area contributed by atoms with E-state index in [1.54, 1.807) is 28.4 Å². The summed E-state index contributed by atoms with van der Waals surface area (Å²) >= 11 is 0. The first-order valence-electron chi connectivity index (χ1n) is 7.09. The van der Waals surface area contributed by atoms with Crippen LogP contribution in [-0.2, 0) is 0 Å². The molecule has 0 aliphatic carbocycles. The van der Waals surface area contributed by atoms with Gasteiger partial charge in [0.15, 0.2) is 23.0 Å². The van der Waals surface area contributed by atoms with E-state index in [0.717, 1.165) is 28.4 Å². The van der Waals surface area contributed by atoms with Crippen molar-refractivity contribution in [2.75, 3.05) is 28.4 Å². The van der Waals surface area contributed by atoms with Crippen molar-refractivity contribution in [3.8, 4) is 23.0 Å². The molecule has 0 aliphatic heterocycles. The molecule has 118 valence electrons. The number of ether oxygens (including phenoxy) is 4. The Morgan fingerprint density at radius 3 is 2.00 bits per heavy atom. The lowest BCUT2D eigenvalue weighted by Gasteiger charge is -2.19. The van der Waals surface area contributed by atoms with Crippen LogP contribution in [0.25, 0.3) is 0 Å². The van der Waals surface area contributed by atoms with Gasteiger partial charge in [0.25, 0.3) is 0 Å². The zero-order valence-electron chi connectivity index (χ0n) is 13.7. The lowest BCUT2D eigenvalue weighted by molar-refractivity contribution is 0.350. The van der Waals surface area contributed by atoms with Crippen LogP contribution in [0.1, 0.15) is 24.0 Å². The summed E-state index contributed by atoms with van der Waals surface area (Å²) < 4.78 is 21.6. The second-order valence-corrected chi connectivity index (χ2v) is 4.92. The minimum Gasteiger partial charge on any atom is -0.493 e. The van der Waals surface area contributed by atoms with E-state index < -0.39 is 0 Å². The Kier molecular flexibility index (Phi) is 5.15. The SMILES string of the molecule is COc1ccc(C(C)c2cccc(OC)c2OC)cc1OC. The van der Waals surface area contributed by atoms with Crippen molar-refractivity contribution in [1.29, 1.82) is 0 Å². The van der Waals surface area contributed by atoms with Crippen molar-refractivity contribution >= 4 is 0 Å². The first-order valence-corrected chi connectivity index (χ1v) is 7.09. The summed E-state index contributed by atoms with van der Waals surface area (Å²) in [7, 11) is 6.57. The van der Waals surface area contributed by atoms with Crippen LogP contribution in [0, 0.1) is 0 Å². The van der Waals surface area contributed by atoms with Crippen molar-refractivity contribution in [3.05, 3.63) is 47.5 Å². The average Bonchev–Trinajstić information content (AvgIpc) is 2.59. The molecule has 0 fully saturated rings. The average molecular weight is 302 g/mol. The fraction of sp³-hybridized carbons (Fsp3) is 0.333. The lowest BCUT2D eigenvalue weighted by Crippen LogP contribution is -2.02. The van der Waals surface area contributed by atoms with Gasteiger partial charge in [0.05, 0.1) is 28.4 Å². The number of hydrogen-bond acceptors (Lipinski definition) is 4. The van der Waals surface area contributed by atoms with Gasteiger partial charge in [0.2, 0.25) is 0 Å². The molecule has 0 radical (unpaired) electrons. The van der Waals surface area contributed by atoms with Crippen LogP contribution in [0.15, 0.2) is 36.4 Å². The molecule has 2 aromatic rings. The Morgan fingerprint density at radius 2 is 1.41 bits per heavy atom.